The summed E-state index contributed by atoms with van der Waals surface area (Å²) in [5.74, 6) is 1.13. The number of hydrogen-bond acceptors (Lipinski definition) is 3. The maximum atomic E-state index is 12.2. The van der Waals surface area contributed by atoms with E-state index in [9.17, 15) is 4.39 Å². The maximum Gasteiger partial charge on any atom is 0.173 e. The molecule has 0 saturated carbocycles. The Labute approximate surface area is 157 Å². The van der Waals surface area contributed by atoms with Crippen LogP contribution in [0.15, 0.2) is 41.7 Å². The molecule has 1 atom stereocenters. The van der Waals surface area contributed by atoms with Crippen LogP contribution in [0, 0.1) is 18.7 Å². The molecule has 0 bridgehead atoms. The van der Waals surface area contributed by atoms with E-state index in [-0.39, 0.29) is 5.82 Å². The highest BCUT2D eigenvalue weighted by Gasteiger charge is 2.07. The van der Waals surface area contributed by atoms with Crippen LogP contribution < -0.4 is 0 Å². The van der Waals surface area contributed by atoms with E-state index in [4.69, 9.17) is 0 Å². The number of aromatic nitrogens is 2. The Kier molecular flexibility index (Phi) is 10.4. The molecule has 0 aliphatic carbocycles. The molecule has 0 N–H and O–H groups in total. The number of aryl methyl sites for hydroxylation is 2. The molecule has 26 heavy (non-hydrogen) atoms. The van der Waals surface area contributed by atoms with E-state index in [0.29, 0.717) is 5.92 Å². The fraction of sp³-hybridized carbons (Fsp3) is 0.500. The maximum absolute atomic E-state index is 12.2. The molecule has 0 radical (unpaired) electrons. The second-order valence-corrected chi connectivity index (χ2v) is 6.60. The minimum atomic E-state index is -0.160. The van der Waals surface area contributed by atoms with E-state index in [1.807, 2.05) is 13.8 Å². The van der Waals surface area contributed by atoms with Gasteiger partial charge in [-0.05, 0) is 50.3 Å². The monoisotopic (exact) mass is 357 g/mol. The smallest absolute Gasteiger partial charge is 0.173 e. The van der Waals surface area contributed by atoms with E-state index in [0.717, 1.165) is 23.6 Å². The Bertz CT molecular complexity index is 665. The van der Waals surface area contributed by atoms with Gasteiger partial charge in [-0.3, -0.25) is 4.98 Å². The van der Waals surface area contributed by atoms with Crippen LogP contribution in [-0.2, 0) is 6.42 Å². The average Bonchev–Trinajstić information content (AvgIpc) is 2.65. The van der Waals surface area contributed by atoms with Gasteiger partial charge >= 0.3 is 0 Å². The van der Waals surface area contributed by atoms with Gasteiger partial charge in [-0.1, -0.05) is 52.2 Å². The second-order valence-electron chi connectivity index (χ2n) is 6.60. The molecule has 4 heteroatoms. The minimum Gasteiger partial charge on any atom is -0.256 e. The number of halogens is 1. The lowest BCUT2D eigenvalue weighted by atomic mass is 9.99. The van der Waals surface area contributed by atoms with E-state index < -0.39 is 0 Å². The molecule has 0 saturated heterocycles. The molecular formula is C22H32FN3. The Hall–Kier alpha value is -2.10. The van der Waals surface area contributed by atoms with Gasteiger partial charge in [0.1, 0.15) is 5.82 Å². The molecule has 3 nitrogen and oxygen atoms in total. The Morgan fingerprint density at radius 1 is 1.08 bits per heavy atom. The molecule has 0 spiro atoms. The highest BCUT2D eigenvalue weighted by atomic mass is 19.1. The highest BCUT2D eigenvalue weighted by molar-refractivity contribution is 5.86. The van der Waals surface area contributed by atoms with Crippen LogP contribution in [0.25, 0.3) is 0 Å². The molecule has 0 aliphatic heterocycles. The lowest BCUT2D eigenvalue weighted by Crippen LogP contribution is -2.07. The SMILES string of the molecule is CCCCCC(C)C(C)=Nc1nccnc1C.CCc1ccc(F)cc1. The van der Waals surface area contributed by atoms with Crippen molar-refractivity contribution >= 4 is 11.5 Å². The molecule has 142 valence electrons. The Balaban J connectivity index is 0.000000314. The fourth-order valence-corrected chi connectivity index (χ4v) is 2.42. The van der Waals surface area contributed by atoms with Crippen LogP contribution in [0.3, 0.4) is 0 Å². The zero-order valence-electron chi connectivity index (χ0n) is 16.8. The summed E-state index contributed by atoms with van der Waals surface area (Å²) >= 11 is 0. The standard InChI is InChI=1S/C14H23N3.C8H9F/c1-5-6-7-8-11(2)12(3)17-14-13(4)15-9-10-16-14;1-2-7-3-5-8(9)6-4-7/h9-11H,5-8H2,1-4H3;3-6H,2H2,1H3. The highest BCUT2D eigenvalue weighted by Crippen LogP contribution is 2.16. The van der Waals surface area contributed by atoms with E-state index in [2.05, 4.69) is 35.7 Å². The molecule has 1 aromatic heterocycles. The van der Waals surface area contributed by atoms with E-state index >= 15 is 0 Å². The van der Waals surface area contributed by atoms with Gasteiger partial charge in [0.15, 0.2) is 5.82 Å². The van der Waals surface area contributed by atoms with Crippen LogP contribution in [0.1, 0.15) is 64.6 Å². The Morgan fingerprint density at radius 2 is 1.73 bits per heavy atom. The summed E-state index contributed by atoms with van der Waals surface area (Å²) in [5.41, 5.74) is 3.23. The van der Waals surface area contributed by atoms with Crippen molar-refractivity contribution < 1.29 is 4.39 Å². The van der Waals surface area contributed by atoms with Gasteiger partial charge in [0.2, 0.25) is 0 Å². The van der Waals surface area contributed by atoms with E-state index in [1.54, 1.807) is 24.5 Å². The molecule has 1 unspecified atom stereocenters. The zero-order valence-corrected chi connectivity index (χ0v) is 16.8. The van der Waals surface area contributed by atoms with Gasteiger partial charge in [0.05, 0.1) is 5.69 Å². The molecule has 0 fully saturated rings. The lowest BCUT2D eigenvalue weighted by Gasteiger charge is -2.10. The molecule has 1 aromatic carbocycles. The van der Waals surface area contributed by atoms with Crippen molar-refractivity contribution in [3.05, 3.63) is 53.7 Å². The zero-order chi connectivity index (χ0) is 19.4. The van der Waals surface area contributed by atoms with Gasteiger partial charge in [-0.2, -0.15) is 0 Å². The normalized spacial score (nSPS) is 12.3. The van der Waals surface area contributed by atoms with Crippen LogP contribution in [0.4, 0.5) is 10.2 Å². The first-order valence-electron chi connectivity index (χ1n) is 9.55. The van der Waals surface area contributed by atoms with Crippen LogP contribution in [0.2, 0.25) is 0 Å². The Morgan fingerprint density at radius 3 is 2.31 bits per heavy atom. The van der Waals surface area contributed by atoms with Crippen molar-refractivity contribution in [2.45, 2.75) is 66.7 Å². The molecule has 2 aromatic rings. The fourth-order valence-electron chi connectivity index (χ4n) is 2.42. The largest absolute Gasteiger partial charge is 0.256 e. The predicted molar refractivity (Wildman–Crippen MR) is 109 cm³/mol. The summed E-state index contributed by atoms with van der Waals surface area (Å²) in [6, 6.07) is 6.57. The first-order chi connectivity index (χ1) is 12.5. The predicted octanol–water partition coefficient (Wildman–Crippen LogP) is 6.48. The topological polar surface area (TPSA) is 38.1 Å². The van der Waals surface area contributed by atoms with Crippen LogP contribution in [0.5, 0.6) is 0 Å². The van der Waals surface area contributed by atoms with Gasteiger partial charge in [0, 0.05) is 18.1 Å². The van der Waals surface area contributed by atoms with Crippen molar-refractivity contribution in [2.75, 3.05) is 0 Å². The number of unbranched alkanes of at least 4 members (excludes halogenated alkanes) is 2. The third kappa shape index (κ3) is 8.32. The number of hydrogen-bond donors (Lipinski definition) is 0. The summed E-state index contributed by atoms with van der Waals surface area (Å²) in [7, 11) is 0. The summed E-state index contributed by atoms with van der Waals surface area (Å²) in [6.07, 6.45) is 9.44. The van der Waals surface area contributed by atoms with Crippen LogP contribution in [-0.4, -0.2) is 15.7 Å². The third-order valence-corrected chi connectivity index (χ3v) is 4.41. The minimum absolute atomic E-state index is 0.160. The summed E-state index contributed by atoms with van der Waals surface area (Å²) in [6.45, 7) is 10.5. The summed E-state index contributed by atoms with van der Waals surface area (Å²) < 4.78 is 12.2. The number of rotatable bonds is 7. The molecule has 2 rings (SSSR count). The first kappa shape index (κ1) is 21.9. The quantitative estimate of drug-likeness (QED) is 0.420. The molecular weight excluding hydrogens is 325 g/mol. The average molecular weight is 358 g/mol. The molecule has 1 heterocycles. The third-order valence-electron chi connectivity index (χ3n) is 4.41. The van der Waals surface area contributed by atoms with Gasteiger partial charge < -0.3 is 0 Å². The summed E-state index contributed by atoms with van der Waals surface area (Å²) in [5, 5.41) is 0. The van der Waals surface area contributed by atoms with Gasteiger partial charge in [0.25, 0.3) is 0 Å². The molecule has 0 amide bonds. The molecule has 0 aliphatic rings. The number of benzene rings is 1. The lowest BCUT2D eigenvalue weighted by molar-refractivity contribution is 0.596. The second kappa shape index (κ2) is 12.3. The van der Waals surface area contributed by atoms with Crippen molar-refractivity contribution in [2.24, 2.45) is 10.9 Å². The van der Waals surface area contributed by atoms with Crippen molar-refractivity contribution in [3.8, 4) is 0 Å². The number of aliphatic imine (C=N–C) groups is 1. The van der Waals surface area contributed by atoms with Crippen molar-refractivity contribution in [1.82, 2.24) is 9.97 Å². The van der Waals surface area contributed by atoms with Gasteiger partial charge in [-0.15, -0.1) is 0 Å². The number of nitrogens with zero attached hydrogens (tertiary/aromatic N) is 3. The first-order valence-corrected chi connectivity index (χ1v) is 9.55. The summed E-state index contributed by atoms with van der Waals surface area (Å²) in [4.78, 5) is 13.0. The van der Waals surface area contributed by atoms with Crippen molar-refractivity contribution in [3.63, 3.8) is 0 Å². The van der Waals surface area contributed by atoms with Gasteiger partial charge in [-0.25, -0.2) is 14.4 Å². The van der Waals surface area contributed by atoms with E-state index in [1.165, 1.54) is 43.4 Å². The van der Waals surface area contributed by atoms with Crippen molar-refractivity contribution in [1.29, 1.82) is 0 Å². The van der Waals surface area contributed by atoms with Crippen LogP contribution >= 0.6 is 0 Å².